The number of benzene rings is 2. The Labute approximate surface area is 180 Å². The summed E-state index contributed by atoms with van der Waals surface area (Å²) in [7, 11) is 0. The molecule has 0 aromatic heterocycles. The van der Waals surface area contributed by atoms with Crippen LogP contribution in [-0.2, 0) is 19.3 Å². The fourth-order valence-corrected chi connectivity index (χ4v) is 4.96. The molecule has 0 fully saturated rings. The van der Waals surface area contributed by atoms with Gasteiger partial charge in [-0.2, -0.15) is 0 Å². The summed E-state index contributed by atoms with van der Waals surface area (Å²) in [5.41, 5.74) is 9.35. The highest BCUT2D eigenvalue weighted by Gasteiger charge is 2.21. The molecule has 2 aromatic carbocycles. The van der Waals surface area contributed by atoms with E-state index in [0.29, 0.717) is 0 Å². The van der Waals surface area contributed by atoms with E-state index < -0.39 is 0 Å². The smallest absolute Gasteiger partial charge is 0.00132 e. The summed E-state index contributed by atoms with van der Waals surface area (Å²) in [6, 6.07) is 14.4. The second-order valence-corrected chi connectivity index (χ2v) is 9.16. The first-order valence-electron chi connectivity index (χ1n) is 12.6. The van der Waals surface area contributed by atoms with Gasteiger partial charge in [0.05, 0.1) is 0 Å². The van der Waals surface area contributed by atoms with Gasteiger partial charge in [0, 0.05) is 0 Å². The topological polar surface area (TPSA) is 0 Å². The highest BCUT2D eigenvalue weighted by atomic mass is 14.2. The zero-order chi connectivity index (χ0) is 20.3. The summed E-state index contributed by atoms with van der Waals surface area (Å²) in [5, 5.41) is 0. The third-order valence-corrected chi connectivity index (χ3v) is 6.68. The molecule has 0 nitrogen and oxygen atoms in total. The van der Waals surface area contributed by atoms with Crippen molar-refractivity contribution >= 4 is 0 Å². The van der Waals surface area contributed by atoms with Crippen LogP contribution in [0, 0.1) is 0 Å². The first-order valence-corrected chi connectivity index (χ1v) is 12.6. The number of rotatable bonds is 14. The van der Waals surface area contributed by atoms with Gasteiger partial charge in [-0.25, -0.2) is 0 Å². The van der Waals surface area contributed by atoms with Gasteiger partial charge in [0.2, 0.25) is 0 Å². The Kier molecular flexibility index (Phi) is 9.32. The van der Waals surface area contributed by atoms with Crippen LogP contribution in [0.5, 0.6) is 0 Å². The second kappa shape index (κ2) is 12.2. The normalized spacial score (nSPS) is 12.2. The summed E-state index contributed by atoms with van der Waals surface area (Å²) in [6.45, 7) is 4.59. The van der Waals surface area contributed by atoms with Crippen LogP contribution in [0.4, 0.5) is 0 Å². The first kappa shape index (κ1) is 22.1. The number of hydrogen-bond acceptors (Lipinski definition) is 0. The van der Waals surface area contributed by atoms with Crippen LogP contribution in [0.15, 0.2) is 36.4 Å². The van der Waals surface area contributed by atoms with E-state index in [9.17, 15) is 0 Å². The van der Waals surface area contributed by atoms with Crippen molar-refractivity contribution in [2.45, 2.75) is 110 Å². The Hall–Kier alpha value is -1.56. The van der Waals surface area contributed by atoms with Crippen LogP contribution in [0.25, 0.3) is 11.1 Å². The van der Waals surface area contributed by atoms with E-state index in [4.69, 9.17) is 0 Å². The maximum absolute atomic E-state index is 2.51. The van der Waals surface area contributed by atoms with Gasteiger partial charge in [0.25, 0.3) is 0 Å². The zero-order valence-corrected chi connectivity index (χ0v) is 19.1. The molecule has 0 bridgehead atoms. The number of aryl methyl sites for hydroxylation is 2. The maximum Gasteiger partial charge on any atom is -0.00132 e. The summed E-state index contributed by atoms with van der Waals surface area (Å²) in [6.07, 6.45) is 20.2. The van der Waals surface area contributed by atoms with Crippen molar-refractivity contribution in [3.63, 3.8) is 0 Å². The lowest BCUT2D eigenvalue weighted by Gasteiger charge is -2.10. The van der Waals surface area contributed by atoms with Crippen LogP contribution >= 0.6 is 0 Å². The van der Waals surface area contributed by atoms with Crippen LogP contribution in [0.3, 0.4) is 0 Å². The van der Waals surface area contributed by atoms with Gasteiger partial charge in [0.15, 0.2) is 0 Å². The van der Waals surface area contributed by atoms with Crippen LogP contribution in [0.1, 0.15) is 113 Å². The molecule has 0 aliphatic heterocycles. The number of unbranched alkanes of at least 4 members (excludes halogenated alkanes) is 10. The van der Waals surface area contributed by atoms with Crippen LogP contribution in [0.2, 0.25) is 0 Å². The SMILES string of the molecule is CCCCCCCCc1ccc2c(c1)Cc1cccc(CCCCCCCC)c1-2. The Morgan fingerprint density at radius 1 is 0.621 bits per heavy atom. The summed E-state index contributed by atoms with van der Waals surface area (Å²) < 4.78 is 0. The molecule has 0 heteroatoms. The van der Waals surface area contributed by atoms with Gasteiger partial charge in [-0.3, -0.25) is 0 Å². The molecule has 0 amide bonds. The molecule has 0 radical (unpaired) electrons. The fourth-order valence-electron chi connectivity index (χ4n) is 4.96. The molecule has 0 atom stereocenters. The van der Waals surface area contributed by atoms with E-state index in [2.05, 4.69) is 50.2 Å². The molecule has 3 rings (SSSR count). The lowest BCUT2D eigenvalue weighted by molar-refractivity contribution is 0.607. The van der Waals surface area contributed by atoms with E-state index in [1.165, 1.54) is 95.5 Å². The molecule has 1 aliphatic rings. The minimum atomic E-state index is 1.14. The van der Waals surface area contributed by atoms with Gasteiger partial charge >= 0.3 is 0 Å². The van der Waals surface area contributed by atoms with Crippen molar-refractivity contribution in [2.24, 2.45) is 0 Å². The highest BCUT2D eigenvalue weighted by Crippen LogP contribution is 2.40. The van der Waals surface area contributed by atoms with Crippen molar-refractivity contribution in [3.8, 4) is 11.1 Å². The number of fused-ring (bicyclic) bond motifs is 3. The molecule has 0 spiro atoms. The highest BCUT2D eigenvalue weighted by molar-refractivity contribution is 5.79. The lowest BCUT2D eigenvalue weighted by atomic mass is 9.94. The van der Waals surface area contributed by atoms with Gasteiger partial charge in [-0.05, 0) is 65.5 Å². The van der Waals surface area contributed by atoms with Crippen molar-refractivity contribution in [2.75, 3.05) is 0 Å². The van der Waals surface area contributed by atoms with Crippen molar-refractivity contribution < 1.29 is 0 Å². The Morgan fingerprint density at radius 3 is 2.00 bits per heavy atom. The second-order valence-electron chi connectivity index (χ2n) is 9.16. The molecule has 0 N–H and O–H groups in total. The predicted octanol–water partition coefficient (Wildman–Crippen LogP) is 9.06. The molecule has 2 aromatic rings. The average molecular weight is 391 g/mol. The Morgan fingerprint density at radius 2 is 1.28 bits per heavy atom. The van der Waals surface area contributed by atoms with E-state index >= 15 is 0 Å². The molecular formula is C29H42. The van der Waals surface area contributed by atoms with E-state index in [1.54, 1.807) is 27.8 Å². The van der Waals surface area contributed by atoms with E-state index in [-0.39, 0.29) is 0 Å². The predicted molar refractivity (Wildman–Crippen MR) is 129 cm³/mol. The van der Waals surface area contributed by atoms with Gasteiger partial charge in [0.1, 0.15) is 0 Å². The molecule has 1 aliphatic carbocycles. The van der Waals surface area contributed by atoms with Crippen molar-refractivity contribution in [1.82, 2.24) is 0 Å². The quantitative estimate of drug-likeness (QED) is 0.241. The minimum absolute atomic E-state index is 1.14. The minimum Gasteiger partial charge on any atom is -0.0654 e. The number of hydrogen-bond donors (Lipinski definition) is 0. The largest absolute Gasteiger partial charge is 0.0654 e. The molecule has 158 valence electrons. The molecule has 0 heterocycles. The maximum atomic E-state index is 2.51. The molecule has 29 heavy (non-hydrogen) atoms. The molecule has 0 saturated heterocycles. The first-order chi connectivity index (χ1) is 14.3. The van der Waals surface area contributed by atoms with Gasteiger partial charge in [-0.15, -0.1) is 0 Å². The molecular weight excluding hydrogens is 348 g/mol. The van der Waals surface area contributed by atoms with Crippen molar-refractivity contribution in [3.05, 3.63) is 58.7 Å². The molecule has 0 unspecified atom stereocenters. The monoisotopic (exact) mass is 390 g/mol. The zero-order valence-electron chi connectivity index (χ0n) is 19.1. The summed E-state index contributed by atoms with van der Waals surface area (Å²) in [5.74, 6) is 0. The molecule has 0 saturated carbocycles. The fraction of sp³-hybridized carbons (Fsp3) is 0.586. The van der Waals surface area contributed by atoms with Gasteiger partial charge in [-0.1, -0.05) is 114 Å². The average Bonchev–Trinajstić information content (AvgIpc) is 3.11. The third-order valence-electron chi connectivity index (χ3n) is 6.68. The van der Waals surface area contributed by atoms with Crippen LogP contribution in [-0.4, -0.2) is 0 Å². The van der Waals surface area contributed by atoms with Crippen LogP contribution < -0.4 is 0 Å². The standard InChI is InChI=1S/C29H42/c1-3-5-7-9-11-13-16-24-20-21-28-27(22-24)23-26-19-15-18-25(29(26)28)17-14-12-10-8-6-4-2/h15,18-22H,3-14,16-17,23H2,1-2H3. The summed E-state index contributed by atoms with van der Waals surface area (Å²) in [4.78, 5) is 0. The Bertz CT molecular complexity index is 740. The van der Waals surface area contributed by atoms with E-state index in [0.717, 1.165) is 6.42 Å². The lowest BCUT2D eigenvalue weighted by Crippen LogP contribution is -1.92. The Balaban J connectivity index is 1.55. The third kappa shape index (κ3) is 6.46. The van der Waals surface area contributed by atoms with Gasteiger partial charge < -0.3 is 0 Å². The van der Waals surface area contributed by atoms with E-state index in [1.807, 2.05) is 0 Å². The van der Waals surface area contributed by atoms with Crippen molar-refractivity contribution in [1.29, 1.82) is 0 Å². The summed E-state index contributed by atoms with van der Waals surface area (Å²) >= 11 is 0.